The lowest BCUT2D eigenvalue weighted by atomic mass is 9.78. The fourth-order valence-electron chi connectivity index (χ4n) is 3.80. The van der Waals surface area contributed by atoms with Gasteiger partial charge in [-0.2, -0.15) is 4.31 Å². The van der Waals surface area contributed by atoms with Crippen molar-refractivity contribution in [2.45, 2.75) is 30.2 Å². The number of nitrogens with zero attached hydrogens (tertiary/aromatic N) is 1. The molecule has 0 spiro atoms. The van der Waals surface area contributed by atoms with Gasteiger partial charge in [-0.1, -0.05) is 6.42 Å². The highest BCUT2D eigenvalue weighted by atomic mass is 35.5. The molecule has 24 heavy (non-hydrogen) atoms. The molecule has 136 valence electrons. The van der Waals surface area contributed by atoms with Gasteiger partial charge in [0.15, 0.2) is 0 Å². The maximum absolute atomic E-state index is 13.1. The van der Waals surface area contributed by atoms with Crippen molar-refractivity contribution in [1.82, 2.24) is 4.31 Å². The van der Waals surface area contributed by atoms with Gasteiger partial charge in [-0.15, -0.1) is 12.4 Å². The van der Waals surface area contributed by atoms with Crippen LogP contribution in [0.15, 0.2) is 23.1 Å². The average molecular weight is 377 g/mol. The van der Waals surface area contributed by atoms with Gasteiger partial charge in [0.1, 0.15) is 16.4 Å². The Hall–Kier alpha value is -1.02. The Morgan fingerprint density at radius 3 is 2.54 bits per heavy atom. The van der Waals surface area contributed by atoms with E-state index < -0.39 is 10.0 Å². The number of benzene rings is 1. The summed E-state index contributed by atoms with van der Waals surface area (Å²) >= 11 is 0. The second kappa shape index (κ2) is 7.47. The maximum atomic E-state index is 13.1. The van der Waals surface area contributed by atoms with Gasteiger partial charge in [-0.05, 0) is 36.8 Å². The molecule has 0 amide bonds. The van der Waals surface area contributed by atoms with E-state index in [1.807, 2.05) is 0 Å². The van der Waals surface area contributed by atoms with E-state index in [0.717, 1.165) is 19.3 Å². The standard InChI is InChI=1S/C16H24N2O4S.ClH/c1-21-12-6-7-15(22-2)16(8-12)23(19,20)18-9-11-4-3-5-14(17)13(11)10-18;/h6-8,11,13-14H,3-5,9-10,17H2,1-2H3;1H. The van der Waals surface area contributed by atoms with Gasteiger partial charge in [0.2, 0.25) is 10.0 Å². The number of halogens is 1. The van der Waals surface area contributed by atoms with Crippen LogP contribution in [0.1, 0.15) is 19.3 Å². The molecule has 3 unspecified atom stereocenters. The Morgan fingerprint density at radius 2 is 1.92 bits per heavy atom. The van der Waals surface area contributed by atoms with Crippen LogP contribution < -0.4 is 15.2 Å². The fourth-order valence-corrected chi connectivity index (χ4v) is 5.50. The Kier molecular flexibility index (Phi) is 6.01. The molecule has 1 aromatic carbocycles. The van der Waals surface area contributed by atoms with E-state index in [9.17, 15) is 8.42 Å². The van der Waals surface area contributed by atoms with Crippen molar-refractivity contribution < 1.29 is 17.9 Å². The molecule has 1 saturated heterocycles. The molecule has 3 rings (SSSR count). The minimum atomic E-state index is -3.62. The molecule has 1 heterocycles. The van der Waals surface area contributed by atoms with Crippen LogP contribution in [0, 0.1) is 11.8 Å². The Bertz CT molecular complexity index is 683. The second-order valence-electron chi connectivity index (χ2n) is 6.36. The highest BCUT2D eigenvalue weighted by Crippen LogP contribution is 2.39. The van der Waals surface area contributed by atoms with Crippen LogP contribution in [-0.4, -0.2) is 46.1 Å². The third-order valence-electron chi connectivity index (χ3n) is 5.11. The van der Waals surface area contributed by atoms with E-state index in [2.05, 4.69) is 0 Å². The summed E-state index contributed by atoms with van der Waals surface area (Å²) in [6.45, 7) is 1.04. The lowest BCUT2D eigenvalue weighted by Crippen LogP contribution is -2.38. The van der Waals surface area contributed by atoms with Gasteiger partial charge in [0.05, 0.1) is 14.2 Å². The number of hydrogen-bond acceptors (Lipinski definition) is 5. The minimum absolute atomic E-state index is 0. The molecule has 0 aromatic heterocycles. The zero-order valence-electron chi connectivity index (χ0n) is 14.0. The summed E-state index contributed by atoms with van der Waals surface area (Å²) in [5.74, 6) is 1.46. The largest absolute Gasteiger partial charge is 0.497 e. The summed E-state index contributed by atoms with van der Waals surface area (Å²) in [5, 5.41) is 0. The van der Waals surface area contributed by atoms with Crippen molar-refractivity contribution in [2.75, 3.05) is 27.3 Å². The summed E-state index contributed by atoms with van der Waals surface area (Å²) in [5.41, 5.74) is 6.20. The first-order valence-corrected chi connectivity index (χ1v) is 9.39. The molecule has 1 aliphatic carbocycles. The summed E-state index contributed by atoms with van der Waals surface area (Å²) in [7, 11) is -0.635. The van der Waals surface area contributed by atoms with Crippen molar-refractivity contribution in [1.29, 1.82) is 0 Å². The zero-order chi connectivity index (χ0) is 16.6. The normalized spacial score (nSPS) is 27.2. The SMILES string of the molecule is COc1ccc(OC)c(S(=O)(=O)N2CC3CCCC(N)C3C2)c1.Cl. The Balaban J connectivity index is 0.00000208. The van der Waals surface area contributed by atoms with Crippen LogP contribution in [0.2, 0.25) is 0 Å². The summed E-state index contributed by atoms with van der Waals surface area (Å²) in [6.07, 6.45) is 3.12. The van der Waals surface area contributed by atoms with Crippen molar-refractivity contribution in [3.8, 4) is 11.5 Å². The maximum Gasteiger partial charge on any atom is 0.246 e. The number of sulfonamides is 1. The van der Waals surface area contributed by atoms with Gasteiger partial charge >= 0.3 is 0 Å². The predicted octanol–water partition coefficient (Wildman–Crippen LogP) is 1.87. The summed E-state index contributed by atoms with van der Waals surface area (Å²) in [4.78, 5) is 0.159. The topological polar surface area (TPSA) is 81.9 Å². The number of hydrogen-bond donors (Lipinski definition) is 1. The Morgan fingerprint density at radius 1 is 1.17 bits per heavy atom. The highest BCUT2D eigenvalue weighted by Gasteiger charge is 2.44. The molecule has 2 aliphatic rings. The molecular formula is C16H25ClN2O4S. The van der Waals surface area contributed by atoms with E-state index in [1.165, 1.54) is 20.3 Å². The van der Waals surface area contributed by atoms with E-state index in [0.29, 0.717) is 30.5 Å². The van der Waals surface area contributed by atoms with Crippen LogP contribution in [0.4, 0.5) is 0 Å². The third kappa shape index (κ3) is 3.35. The monoisotopic (exact) mass is 376 g/mol. The first-order valence-electron chi connectivity index (χ1n) is 7.95. The van der Waals surface area contributed by atoms with E-state index >= 15 is 0 Å². The van der Waals surface area contributed by atoms with Crippen LogP contribution in [-0.2, 0) is 10.0 Å². The van der Waals surface area contributed by atoms with Crippen molar-refractivity contribution in [3.63, 3.8) is 0 Å². The van der Waals surface area contributed by atoms with Crippen LogP contribution in [0.5, 0.6) is 11.5 Å². The number of rotatable bonds is 4. The molecule has 8 heteroatoms. The van der Waals surface area contributed by atoms with Crippen molar-refractivity contribution >= 4 is 22.4 Å². The predicted molar refractivity (Wildman–Crippen MR) is 94.4 cm³/mol. The quantitative estimate of drug-likeness (QED) is 0.867. The third-order valence-corrected chi connectivity index (χ3v) is 6.96. The molecule has 3 atom stereocenters. The smallest absolute Gasteiger partial charge is 0.246 e. The second-order valence-corrected chi connectivity index (χ2v) is 8.26. The van der Waals surface area contributed by atoms with E-state index in [1.54, 1.807) is 16.4 Å². The molecule has 0 bridgehead atoms. The molecule has 6 nitrogen and oxygen atoms in total. The highest BCUT2D eigenvalue weighted by molar-refractivity contribution is 7.89. The lowest BCUT2D eigenvalue weighted by Gasteiger charge is -2.29. The first kappa shape index (κ1) is 19.3. The Labute approximate surface area is 149 Å². The number of fused-ring (bicyclic) bond motifs is 1. The molecule has 1 saturated carbocycles. The fraction of sp³-hybridized carbons (Fsp3) is 0.625. The van der Waals surface area contributed by atoms with Gasteiger partial charge in [-0.25, -0.2) is 8.42 Å². The number of ether oxygens (including phenoxy) is 2. The van der Waals surface area contributed by atoms with Crippen LogP contribution >= 0.6 is 12.4 Å². The molecule has 2 fully saturated rings. The van der Waals surface area contributed by atoms with Gasteiger partial charge in [0.25, 0.3) is 0 Å². The van der Waals surface area contributed by atoms with Gasteiger partial charge in [0, 0.05) is 25.2 Å². The van der Waals surface area contributed by atoms with Crippen LogP contribution in [0.3, 0.4) is 0 Å². The molecular weight excluding hydrogens is 352 g/mol. The zero-order valence-corrected chi connectivity index (χ0v) is 15.6. The molecule has 1 aromatic rings. The van der Waals surface area contributed by atoms with Crippen molar-refractivity contribution in [2.24, 2.45) is 17.6 Å². The molecule has 2 N–H and O–H groups in total. The average Bonchev–Trinajstić information content (AvgIpc) is 3.00. The van der Waals surface area contributed by atoms with E-state index in [-0.39, 0.29) is 29.3 Å². The molecule has 0 radical (unpaired) electrons. The minimum Gasteiger partial charge on any atom is -0.497 e. The van der Waals surface area contributed by atoms with Crippen LogP contribution in [0.25, 0.3) is 0 Å². The summed E-state index contributed by atoms with van der Waals surface area (Å²) < 4.78 is 38.1. The number of nitrogens with two attached hydrogens (primary N) is 1. The van der Waals surface area contributed by atoms with Gasteiger partial charge < -0.3 is 15.2 Å². The first-order chi connectivity index (χ1) is 11.0. The number of methoxy groups -OCH3 is 2. The van der Waals surface area contributed by atoms with Crippen molar-refractivity contribution in [3.05, 3.63) is 18.2 Å². The van der Waals surface area contributed by atoms with E-state index in [4.69, 9.17) is 15.2 Å². The molecule has 1 aliphatic heterocycles. The summed E-state index contributed by atoms with van der Waals surface area (Å²) in [6, 6.07) is 4.94. The lowest BCUT2D eigenvalue weighted by molar-refractivity contribution is 0.260. The van der Waals surface area contributed by atoms with Gasteiger partial charge in [-0.3, -0.25) is 0 Å².